The quantitative estimate of drug-likeness (QED) is 0.681. The van der Waals surface area contributed by atoms with Gasteiger partial charge >= 0.3 is 0 Å². The molecule has 0 atom stereocenters. The average molecular weight is 326 g/mol. The third-order valence-electron chi connectivity index (χ3n) is 3.77. The van der Waals surface area contributed by atoms with Crippen molar-refractivity contribution >= 4 is 11.5 Å². The predicted molar refractivity (Wildman–Crippen MR) is 93.3 cm³/mol. The number of benzene rings is 2. The molecule has 0 aliphatic carbocycles. The van der Waals surface area contributed by atoms with Gasteiger partial charge in [0, 0.05) is 16.8 Å². The van der Waals surface area contributed by atoms with Gasteiger partial charge in [-0.2, -0.15) is 15.8 Å². The van der Waals surface area contributed by atoms with Crippen molar-refractivity contribution in [3.63, 3.8) is 0 Å². The van der Waals surface area contributed by atoms with Gasteiger partial charge in [-0.3, -0.25) is 4.79 Å². The lowest BCUT2D eigenvalue weighted by atomic mass is 9.99. The summed E-state index contributed by atoms with van der Waals surface area (Å²) in [5, 5.41) is 29.4. The second-order valence-corrected chi connectivity index (χ2v) is 5.42. The summed E-state index contributed by atoms with van der Waals surface area (Å²) in [6, 6.07) is 17.2. The van der Waals surface area contributed by atoms with Gasteiger partial charge in [-0.25, -0.2) is 0 Å². The zero-order valence-corrected chi connectivity index (χ0v) is 13.8. The SMILES string of the molecule is Cc1ccc(C(=O)c2ccc(NC(C#N)=C(C#N)C#N)cc2)cc1C. The topological polar surface area (TPSA) is 100 Å². The van der Waals surface area contributed by atoms with E-state index < -0.39 is 0 Å². The summed E-state index contributed by atoms with van der Waals surface area (Å²) in [6.45, 7) is 3.94. The van der Waals surface area contributed by atoms with Crippen molar-refractivity contribution in [2.24, 2.45) is 0 Å². The van der Waals surface area contributed by atoms with Crippen LogP contribution >= 0.6 is 0 Å². The summed E-state index contributed by atoms with van der Waals surface area (Å²) in [5.41, 5.74) is 3.38. The number of nitriles is 3. The monoisotopic (exact) mass is 326 g/mol. The fourth-order valence-electron chi connectivity index (χ4n) is 2.18. The van der Waals surface area contributed by atoms with Gasteiger partial charge < -0.3 is 5.32 Å². The lowest BCUT2D eigenvalue weighted by Gasteiger charge is -2.07. The minimum Gasteiger partial charge on any atom is -0.345 e. The molecule has 0 heterocycles. The number of nitrogens with zero attached hydrogens (tertiary/aromatic N) is 3. The maximum absolute atomic E-state index is 12.5. The highest BCUT2D eigenvalue weighted by Crippen LogP contribution is 2.18. The molecule has 2 rings (SSSR count). The zero-order valence-electron chi connectivity index (χ0n) is 13.8. The maximum Gasteiger partial charge on any atom is 0.193 e. The molecule has 5 nitrogen and oxygen atoms in total. The van der Waals surface area contributed by atoms with Crippen LogP contribution in [-0.2, 0) is 0 Å². The molecule has 0 aliphatic rings. The summed E-state index contributed by atoms with van der Waals surface area (Å²) in [7, 11) is 0. The highest BCUT2D eigenvalue weighted by atomic mass is 16.1. The molecule has 0 bridgehead atoms. The van der Waals surface area contributed by atoms with E-state index in [4.69, 9.17) is 15.8 Å². The van der Waals surface area contributed by atoms with Crippen molar-refractivity contribution in [2.75, 3.05) is 5.32 Å². The van der Waals surface area contributed by atoms with Gasteiger partial charge in [0.2, 0.25) is 0 Å². The lowest BCUT2D eigenvalue weighted by molar-refractivity contribution is 0.103. The van der Waals surface area contributed by atoms with Gasteiger partial charge in [0.15, 0.2) is 11.4 Å². The molecular formula is C20H14N4O. The Kier molecular flexibility index (Phi) is 5.31. The first-order valence-corrected chi connectivity index (χ1v) is 7.43. The molecule has 0 spiro atoms. The molecule has 0 saturated carbocycles. The number of anilines is 1. The second-order valence-electron chi connectivity index (χ2n) is 5.42. The Morgan fingerprint density at radius 1 is 0.840 bits per heavy atom. The highest BCUT2D eigenvalue weighted by Gasteiger charge is 2.11. The standard InChI is InChI=1S/C20H14N4O/c1-13-3-4-16(9-14(13)2)20(25)15-5-7-18(8-6-15)24-19(12-23)17(10-21)11-22/h3-9,24H,1-2H3. The number of nitrogens with one attached hydrogen (secondary N) is 1. The van der Waals surface area contributed by atoms with E-state index in [1.807, 2.05) is 26.0 Å². The molecule has 0 radical (unpaired) electrons. The number of carbonyl (C=O) groups is 1. The number of aryl methyl sites for hydroxylation is 2. The molecule has 5 heteroatoms. The lowest BCUT2D eigenvalue weighted by Crippen LogP contribution is -2.04. The Labute approximate surface area is 146 Å². The van der Waals surface area contributed by atoms with Crippen LogP contribution in [0.5, 0.6) is 0 Å². The minimum atomic E-state index is -0.294. The minimum absolute atomic E-state index is 0.0968. The number of ketones is 1. The first-order valence-electron chi connectivity index (χ1n) is 7.43. The zero-order chi connectivity index (χ0) is 18.4. The molecule has 1 N–H and O–H groups in total. The molecule has 2 aromatic carbocycles. The van der Waals surface area contributed by atoms with Gasteiger partial charge in [-0.1, -0.05) is 12.1 Å². The molecule has 0 aliphatic heterocycles. The molecular weight excluding hydrogens is 312 g/mol. The fraction of sp³-hybridized carbons (Fsp3) is 0.100. The molecule has 0 saturated heterocycles. The summed E-state index contributed by atoms with van der Waals surface area (Å²) < 4.78 is 0. The van der Waals surface area contributed by atoms with Crippen molar-refractivity contribution in [3.8, 4) is 18.2 Å². The van der Waals surface area contributed by atoms with Crippen LogP contribution in [0.1, 0.15) is 27.0 Å². The van der Waals surface area contributed by atoms with Crippen molar-refractivity contribution < 1.29 is 4.79 Å². The molecule has 120 valence electrons. The van der Waals surface area contributed by atoms with E-state index in [1.54, 1.807) is 48.5 Å². The van der Waals surface area contributed by atoms with Crippen molar-refractivity contribution in [1.29, 1.82) is 15.8 Å². The van der Waals surface area contributed by atoms with Crippen LogP contribution in [0.25, 0.3) is 0 Å². The molecule has 0 aromatic heterocycles. The molecule has 25 heavy (non-hydrogen) atoms. The van der Waals surface area contributed by atoms with Gasteiger partial charge in [-0.05, 0) is 55.3 Å². The Bertz CT molecular complexity index is 964. The summed E-state index contributed by atoms with van der Waals surface area (Å²) in [6.07, 6.45) is 0. The Hall–Kier alpha value is -3.88. The normalized spacial score (nSPS) is 9.24. The van der Waals surface area contributed by atoms with Crippen LogP contribution in [0, 0.1) is 47.8 Å². The Morgan fingerprint density at radius 2 is 1.44 bits per heavy atom. The van der Waals surface area contributed by atoms with Gasteiger partial charge in [0.1, 0.15) is 23.9 Å². The van der Waals surface area contributed by atoms with E-state index in [1.165, 1.54) is 0 Å². The molecule has 2 aromatic rings. The number of carbonyl (C=O) groups excluding carboxylic acids is 1. The van der Waals surface area contributed by atoms with Crippen LogP contribution in [0.15, 0.2) is 53.7 Å². The van der Waals surface area contributed by atoms with Crippen molar-refractivity contribution in [2.45, 2.75) is 13.8 Å². The van der Waals surface area contributed by atoms with Gasteiger partial charge in [0.05, 0.1) is 0 Å². The van der Waals surface area contributed by atoms with E-state index >= 15 is 0 Å². The third-order valence-corrected chi connectivity index (χ3v) is 3.77. The van der Waals surface area contributed by atoms with Crippen LogP contribution in [0.2, 0.25) is 0 Å². The summed E-state index contributed by atoms with van der Waals surface area (Å²) >= 11 is 0. The van der Waals surface area contributed by atoms with Crippen LogP contribution in [-0.4, -0.2) is 5.78 Å². The van der Waals surface area contributed by atoms with Crippen LogP contribution in [0.4, 0.5) is 5.69 Å². The van der Waals surface area contributed by atoms with E-state index in [0.717, 1.165) is 11.1 Å². The van der Waals surface area contributed by atoms with Crippen molar-refractivity contribution in [1.82, 2.24) is 0 Å². The van der Waals surface area contributed by atoms with E-state index in [-0.39, 0.29) is 17.1 Å². The third kappa shape index (κ3) is 3.91. The fourth-order valence-corrected chi connectivity index (χ4v) is 2.18. The number of hydrogen-bond donors (Lipinski definition) is 1. The van der Waals surface area contributed by atoms with Crippen LogP contribution in [0.3, 0.4) is 0 Å². The molecule has 0 fully saturated rings. The molecule has 0 amide bonds. The van der Waals surface area contributed by atoms with Gasteiger partial charge in [-0.15, -0.1) is 0 Å². The van der Waals surface area contributed by atoms with Gasteiger partial charge in [0.25, 0.3) is 0 Å². The smallest absolute Gasteiger partial charge is 0.193 e. The number of hydrogen-bond acceptors (Lipinski definition) is 5. The molecule has 0 unspecified atom stereocenters. The first-order chi connectivity index (χ1) is 12.0. The Balaban J connectivity index is 2.26. The maximum atomic E-state index is 12.5. The largest absolute Gasteiger partial charge is 0.345 e. The predicted octanol–water partition coefficient (Wildman–Crippen LogP) is 3.77. The first kappa shape index (κ1) is 17.5. The highest BCUT2D eigenvalue weighted by molar-refractivity contribution is 6.09. The van der Waals surface area contributed by atoms with E-state index in [2.05, 4.69) is 5.32 Å². The number of rotatable bonds is 4. The van der Waals surface area contributed by atoms with Crippen molar-refractivity contribution in [3.05, 3.63) is 76.0 Å². The summed E-state index contributed by atoms with van der Waals surface area (Å²) in [5.74, 6) is -0.0968. The summed E-state index contributed by atoms with van der Waals surface area (Å²) in [4.78, 5) is 12.5. The van der Waals surface area contributed by atoms with E-state index in [9.17, 15) is 4.79 Å². The number of allylic oxidation sites excluding steroid dienone is 2. The second kappa shape index (κ2) is 7.59. The van der Waals surface area contributed by atoms with E-state index in [0.29, 0.717) is 16.8 Å². The Morgan fingerprint density at radius 3 is 1.96 bits per heavy atom. The van der Waals surface area contributed by atoms with Crippen LogP contribution < -0.4 is 5.32 Å². The average Bonchev–Trinajstić information content (AvgIpc) is 2.64.